The zero-order chi connectivity index (χ0) is 27.4. The first-order valence-electron chi connectivity index (χ1n) is 11.5. The average Bonchev–Trinajstić information content (AvgIpc) is 3.11. The summed E-state index contributed by atoms with van der Waals surface area (Å²) in [7, 11) is 1.78. The zero-order valence-corrected chi connectivity index (χ0v) is 20.7. The smallest absolute Gasteiger partial charge is 0.318 e. The van der Waals surface area contributed by atoms with Gasteiger partial charge in [-0.25, -0.2) is 9.67 Å². The van der Waals surface area contributed by atoms with Crippen LogP contribution in [0.3, 0.4) is 0 Å². The van der Waals surface area contributed by atoms with Crippen molar-refractivity contribution in [2.45, 2.75) is 13.8 Å². The predicted octanol–water partition coefficient (Wildman–Crippen LogP) is 5.24. The summed E-state index contributed by atoms with van der Waals surface area (Å²) in [6.45, 7) is 3.84. The molecule has 0 unspecified atom stereocenters. The Morgan fingerprint density at radius 2 is 1.66 bits per heavy atom. The van der Waals surface area contributed by atoms with Gasteiger partial charge in [0.05, 0.1) is 33.9 Å². The molecular weight excluding hydrogens is 494 g/mol. The van der Waals surface area contributed by atoms with Crippen LogP contribution in [-0.4, -0.2) is 32.0 Å². The number of benzene rings is 3. The highest BCUT2D eigenvalue weighted by molar-refractivity contribution is 5.83. The monoisotopic (exact) mass is 517 g/mol. The highest BCUT2D eigenvalue weighted by Gasteiger charge is 2.22. The molecule has 0 amide bonds. The van der Waals surface area contributed by atoms with Gasteiger partial charge in [0.2, 0.25) is 5.75 Å². The lowest BCUT2D eigenvalue weighted by atomic mass is 10.2. The van der Waals surface area contributed by atoms with Crippen LogP contribution < -0.4 is 15.0 Å². The van der Waals surface area contributed by atoms with Crippen LogP contribution in [0.15, 0.2) is 76.5 Å². The average molecular weight is 517 g/mol. The number of nitrogens with zero attached hydrogens (tertiary/aromatic N) is 5. The second-order valence-corrected chi connectivity index (χ2v) is 8.08. The summed E-state index contributed by atoms with van der Waals surface area (Å²) in [5.41, 5.74) is 0.993. The van der Waals surface area contributed by atoms with Gasteiger partial charge < -0.3 is 9.47 Å². The molecule has 12 nitrogen and oxygen atoms in total. The third-order valence-corrected chi connectivity index (χ3v) is 5.70. The molecule has 0 N–H and O–H groups in total. The fourth-order valence-corrected chi connectivity index (χ4v) is 3.77. The van der Waals surface area contributed by atoms with Crippen molar-refractivity contribution in [3.05, 3.63) is 109 Å². The lowest BCUT2D eigenvalue weighted by Gasteiger charge is -2.12. The van der Waals surface area contributed by atoms with E-state index in [1.165, 1.54) is 17.0 Å². The fraction of sp³-hybridized carbons (Fsp3) is 0.154. The van der Waals surface area contributed by atoms with Crippen molar-refractivity contribution < 1.29 is 19.3 Å². The molecule has 4 aromatic rings. The topological polar surface area (TPSA) is 144 Å². The van der Waals surface area contributed by atoms with Crippen molar-refractivity contribution in [3.8, 4) is 22.9 Å². The Hall–Kier alpha value is -5.26. The number of aliphatic imine (C=N–C) groups is 1. The first kappa shape index (κ1) is 25.8. The molecule has 1 heterocycles. The first-order valence-corrected chi connectivity index (χ1v) is 11.5. The van der Waals surface area contributed by atoms with Gasteiger partial charge in [0, 0.05) is 19.3 Å². The summed E-state index contributed by atoms with van der Waals surface area (Å²) >= 11 is 0. The van der Waals surface area contributed by atoms with Gasteiger partial charge in [-0.2, -0.15) is 0 Å². The summed E-state index contributed by atoms with van der Waals surface area (Å²) < 4.78 is 14.6. The van der Waals surface area contributed by atoms with Crippen LogP contribution in [0.1, 0.15) is 18.2 Å². The number of para-hydroxylation sites is 1. The van der Waals surface area contributed by atoms with E-state index >= 15 is 0 Å². The molecule has 0 aliphatic heterocycles. The summed E-state index contributed by atoms with van der Waals surface area (Å²) in [5.74, 6) is 0.267. The van der Waals surface area contributed by atoms with Crippen molar-refractivity contribution in [2.24, 2.45) is 12.0 Å². The van der Waals surface area contributed by atoms with E-state index in [9.17, 15) is 25.0 Å². The summed E-state index contributed by atoms with van der Waals surface area (Å²) in [6, 6.07) is 17.1. The molecule has 0 saturated heterocycles. The summed E-state index contributed by atoms with van der Waals surface area (Å²) in [4.78, 5) is 38.5. The number of rotatable bonds is 9. The van der Waals surface area contributed by atoms with Gasteiger partial charge in [-0.15, -0.1) is 0 Å². The number of nitro groups is 2. The molecule has 1 aromatic heterocycles. The van der Waals surface area contributed by atoms with Crippen molar-refractivity contribution in [1.82, 2.24) is 9.36 Å². The maximum Gasteiger partial charge on any atom is 0.318 e. The zero-order valence-electron chi connectivity index (χ0n) is 20.7. The number of ether oxygens (including phenoxy) is 2. The van der Waals surface area contributed by atoms with Crippen LogP contribution in [0.25, 0.3) is 5.69 Å². The fourth-order valence-electron chi connectivity index (χ4n) is 3.77. The molecule has 38 heavy (non-hydrogen) atoms. The molecule has 0 atom stereocenters. The normalized spacial score (nSPS) is 11.0. The van der Waals surface area contributed by atoms with Crippen LogP contribution in [0.4, 0.5) is 17.1 Å². The molecule has 0 fully saturated rings. The number of nitro benzene ring substituents is 2. The molecule has 12 heteroatoms. The van der Waals surface area contributed by atoms with Crippen molar-refractivity contribution >= 4 is 23.3 Å². The quantitative estimate of drug-likeness (QED) is 0.168. The van der Waals surface area contributed by atoms with E-state index in [1.807, 2.05) is 30.3 Å². The third kappa shape index (κ3) is 5.14. The molecule has 0 aliphatic rings. The molecule has 4 rings (SSSR count). The predicted molar refractivity (Wildman–Crippen MR) is 140 cm³/mol. The Bertz CT molecular complexity index is 1610. The minimum absolute atomic E-state index is 0.170. The van der Waals surface area contributed by atoms with Gasteiger partial charge in [-0.3, -0.25) is 29.7 Å². The van der Waals surface area contributed by atoms with E-state index in [2.05, 4.69) is 4.99 Å². The summed E-state index contributed by atoms with van der Waals surface area (Å²) in [5, 5.41) is 22.5. The standard InChI is InChI=1S/C26H23N5O7/c1-4-37-24-14-18(10-12-23(24)38-22-13-11-20(30(33)34)15-21(22)31(35)36)16-27-25-17(2)28(3)29(26(25)32)19-8-6-5-7-9-19/h5-16H,4H2,1-3H3. The minimum Gasteiger partial charge on any atom is -0.490 e. The lowest BCUT2D eigenvalue weighted by molar-refractivity contribution is -0.394. The number of non-ortho nitro benzene ring substituents is 1. The number of hydrogen-bond acceptors (Lipinski definition) is 8. The Morgan fingerprint density at radius 3 is 2.32 bits per heavy atom. The van der Waals surface area contributed by atoms with Crippen molar-refractivity contribution in [2.75, 3.05) is 6.61 Å². The van der Waals surface area contributed by atoms with Crippen molar-refractivity contribution in [1.29, 1.82) is 0 Å². The van der Waals surface area contributed by atoms with Crippen LogP contribution in [0, 0.1) is 27.2 Å². The van der Waals surface area contributed by atoms with E-state index in [0.717, 1.165) is 18.2 Å². The largest absolute Gasteiger partial charge is 0.490 e. The second kappa shape index (κ2) is 10.8. The van der Waals surface area contributed by atoms with Crippen molar-refractivity contribution in [3.63, 3.8) is 0 Å². The Morgan fingerprint density at radius 1 is 0.947 bits per heavy atom. The number of hydrogen-bond donors (Lipinski definition) is 0. The molecule has 0 radical (unpaired) electrons. The van der Waals surface area contributed by atoms with E-state index in [4.69, 9.17) is 9.47 Å². The molecule has 0 saturated carbocycles. The molecule has 3 aromatic carbocycles. The Labute approximate surface area is 216 Å². The molecule has 0 aliphatic carbocycles. The second-order valence-electron chi connectivity index (χ2n) is 8.08. The van der Waals surface area contributed by atoms with E-state index in [1.54, 1.807) is 37.7 Å². The van der Waals surface area contributed by atoms with Gasteiger partial charge in [0.25, 0.3) is 11.2 Å². The van der Waals surface area contributed by atoms with Crippen LogP contribution in [0.5, 0.6) is 17.2 Å². The molecule has 0 spiro atoms. The minimum atomic E-state index is -0.756. The lowest BCUT2D eigenvalue weighted by Crippen LogP contribution is -2.19. The molecular formula is C26H23N5O7. The summed E-state index contributed by atoms with van der Waals surface area (Å²) in [6.07, 6.45) is 1.51. The Balaban J connectivity index is 1.67. The first-order chi connectivity index (χ1) is 18.2. The van der Waals surface area contributed by atoms with E-state index in [0.29, 0.717) is 16.9 Å². The van der Waals surface area contributed by atoms with Gasteiger partial charge in [0.1, 0.15) is 0 Å². The van der Waals surface area contributed by atoms with Gasteiger partial charge in [-0.05, 0) is 55.8 Å². The molecule has 0 bridgehead atoms. The highest BCUT2D eigenvalue weighted by atomic mass is 16.6. The van der Waals surface area contributed by atoms with Gasteiger partial charge in [0.15, 0.2) is 17.2 Å². The van der Waals surface area contributed by atoms with Gasteiger partial charge in [-0.1, -0.05) is 18.2 Å². The van der Waals surface area contributed by atoms with Crippen LogP contribution >= 0.6 is 0 Å². The third-order valence-electron chi connectivity index (χ3n) is 5.70. The maximum atomic E-state index is 13.1. The Kier molecular flexibility index (Phi) is 7.33. The highest BCUT2D eigenvalue weighted by Crippen LogP contribution is 2.38. The van der Waals surface area contributed by atoms with E-state index < -0.39 is 21.2 Å². The number of aromatic nitrogens is 2. The van der Waals surface area contributed by atoms with Crippen LogP contribution in [0.2, 0.25) is 0 Å². The van der Waals surface area contributed by atoms with Crippen LogP contribution in [-0.2, 0) is 7.05 Å². The maximum absolute atomic E-state index is 13.1. The molecule has 194 valence electrons. The SMILES string of the molecule is CCOc1cc(C=Nc2c(C)n(C)n(-c3ccccc3)c2=O)ccc1Oc1ccc([N+](=O)[O-])cc1[N+](=O)[O-]. The van der Waals surface area contributed by atoms with E-state index in [-0.39, 0.29) is 35.1 Å². The van der Waals surface area contributed by atoms with Gasteiger partial charge >= 0.3 is 5.69 Å².